The number of rotatable bonds is 3. The molecule has 0 fully saturated rings. The Hall–Kier alpha value is -2.23. The van der Waals surface area contributed by atoms with Gasteiger partial charge >= 0.3 is 0 Å². The highest BCUT2D eigenvalue weighted by molar-refractivity contribution is 6.04. The van der Waals surface area contributed by atoms with Crippen molar-refractivity contribution >= 4 is 11.5 Å². The Balaban J connectivity index is 2.69. The monoisotopic (exact) mass is 258 g/mol. The Morgan fingerprint density at radius 2 is 2.05 bits per heavy atom. The van der Waals surface area contributed by atoms with Crippen molar-refractivity contribution in [1.82, 2.24) is 4.57 Å². The number of benzene rings is 1. The van der Waals surface area contributed by atoms with Crippen LogP contribution in [-0.4, -0.2) is 17.5 Å². The average Bonchev–Trinajstić information content (AvgIpc) is 2.60. The highest BCUT2D eigenvalue weighted by Crippen LogP contribution is 2.34. The van der Waals surface area contributed by atoms with Gasteiger partial charge in [-0.1, -0.05) is 12.1 Å². The van der Waals surface area contributed by atoms with Gasteiger partial charge in [-0.2, -0.15) is 0 Å². The molecule has 1 aromatic heterocycles. The second-order valence-electron chi connectivity index (χ2n) is 4.57. The third-order valence-electron chi connectivity index (χ3n) is 3.42. The number of ketones is 1. The molecule has 0 saturated carbocycles. The van der Waals surface area contributed by atoms with E-state index in [1.165, 1.54) is 6.92 Å². The Morgan fingerprint density at radius 1 is 1.37 bits per heavy atom. The van der Waals surface area contributed by atoms with Crippen LogP contribution in [-0.2, 0) is 7.05 Å². The Morgan fingerprint density at radius 3 is 2.58 bits per heavy atom. The number of nitrogens with zero attached hydrogens (tertiary/aromatic N) is 1. The number of nitrogen functional groups attached to an aromatic ring is 1. The summed E-state index contributed by atoms with van der Waals surface area (Å²) in [6.07, 6.45) is 0. The Labute approximate surface area is 112 Å². The summed E-state index contributed by atoms with van der Waals surface area (Å²) in [6.45, 7) is 3.44. The molecule has 2 N–H and O–H groups in total. The fraction of sp³-hybridized carbons (Fsp3) is 0.267. The molecule has 2 rings (SSSR count). The molecule has 19 heavy (non-hydrogen) atoms. The van der Waals surface area contributed by atoms with Crippen LogP contribution in [0.4, 0.5) is 5.69 Å². The van der Waals surface area contributed by atoms with Gasteiger partial charge in [-0.15, -0.1) is 0 Å². The number of ether oxygens (including phenoxy) is 1. The predicted octanol–water partition coefficient (Wildman–Crippen LogP) is 2.79. The zero-order valence-corrected chi connectivity index (χ0v) is 11.7. The molecule has 0 amide bonds. The lowest BCUT2D eigenvalue weighted by Gasteiger charge is -2.08. The molecule has 0 bridgehead atoms. The van der Waals surface area contributed by atoms with E-state index in [0.717, 1.165) is 22.7 Å². The molecule has 100 valence electrons. The van der Waals surface area contributed by atoms with E-state index in [1.54, 1.807) is 7.11 Å². The van der Waals surface area contributed by atoms with E-state index in [2.05, 4.69) is 0 Å². The molecule has 2 aromatic rings. The zero-order valence-electron chi connectivity index (χ0n) is 11.7. The lowest BCUT2D eigenvalue weighted by molar-refractivity contribution is 0.101. The maximum atomic E-state index is 11.7. The van der Waals surface area contributed by atoms with Gasteiger partial charge in [0.25, 0.3) is 0 Å². The molecule has 0 aliphatic carbocycles. The number of carbonyl (C=O) groups is 1. The van der Waals surface area contributed by atoms with Gasteiger partial charge in [-0.25, -0.2) is 0 Å². The minimum absolute atomic E-state index is 0.0141. The van der Waals surface area contributed by atoms with Crippen molar-refractivity contribution in [2.24, 2.45) is 7.05 Å². The molecule has 0 saturated heterocycles. The second-order valence-corrected chi connectivity index (χ2v) is 4.57. The van der Waals surface area contributed by atoms with Crippen molar-refractivity contribution in [2.45, 2.75) is 13.8 Å². The second kappa shape index (κ2) is 4.80. The van der Waals surface area contributed by atoms with Crippen LogP contribution in [0, 0.1) is 6.92 Å². The standard InChI is InChI=1S/C15H18N2O2/c1-9-13(10(2)18)14(16)15(17(9)3)11-6-5-7-12(8-11)19-4/h5-8H,16H2,1-4H3. The van der Waals surface area contributed by atoms with Gasteiger partial charge in [0.05, 0.1) is 24.1 Å². The number of hydrogen-bond acceptors (Lipinski definition) is 3. The maximum absolute atomic E-state index is 11.7. The maximum Gasteiger partial charge on any atom is 0.163 e. The van der Waals surface area contributed by atoms with Crippen LogP contribution in [0.1, 0.15) is 23.0 Å². The lowest BCUT2D eigenvalue weighted by Crippen LogP contribution is -1.98. The minimum Gasteiger partial charge on any atom is -0.497 e. The predicted molar refractivity (Wildman–Crippen MR) is 76.6 cm³/mol. The highest BCUT2D eigenvalue weighted by Gasteiger charge is 2.20. The third kappa shape index (κ3) is 2.10. The largest absolute Gasteiger partial charge is 0.497 e. The Kier molecular flexibility index (Phi) is 3.34. The number of anilines is 1. The topological polar surface area (TPSA) is 57.2 Å². The fourth-order valence-electron chi connectivity index (χ4n) is 2.39. The zero-order chi connectivity index (χ0) is 14.2. The molecular weight excluding hydrogens is 240 g/mol. The van der Waals surface area contributed by atoms with E-state index in [9.17, 15) is 4.79 Å². The van der Waals surface area contributed by atoms with E-state index in [4.69, 9.17) is 10.5 Å². The SMILES string of the molecule is COc1cccc(-c2c(N)c(C(C)=O)c(C)n2C)c1. The summed E-state index contributed by atoms with van der Waals surface area (Å²) in [6, 6.07) is 7.65. The number of nitrogens with two attached hydrogens (primary N) is 1. The van der Waals surface area contributed by atoms with E-state index in [-0.39, 0.29) is 5.78 Å². The quantitative estimate of drug-likeness (QED) is 0.861. The van der Waals surface area contributed by atoms with Crippen molar-refractivity contribution in [2.75, 3.05) is 12.8 Å². The van der Waals surface area contributed by atoms with Crippen molar-refractivity contribution in [3.63, 3.8) is 0 Å². The molecule has 0 unspecified atom stereocenters. The summed E-state index contributed by atoms with van der Waals surface area (Å²) in [5.74, 6) is 0.750. The average molecular weight is 258 g/mol. The minimum atomic E-state index is -0.0141. The van der Waals surface area contributed by atoms with Crippen LogP contribution in [0.15, 0.2) is 24.3 Å². The van der Waals surface area contributed by atoms with Crippen LogP contribution in [0.3, 0.4) is 0 Å². The number of Topliss-reactive ketones (excluding diaryl/α,β-unsaturated/α-hetero) is 1. The molecule has 0 aliphatic rings. The molecule has 1 heterocycles. The van der Waals surface area contributed by atoms with Crippen LogP contribution >= 0.6 is 0 Å². The Bertz CT molecular complexity index is 642. The van der Waals surface area contributed by atoms with E-state index >= 15 is 0 Å². The third-order valence-corrected chi connectivity index (χ3v) is 3.42. The molecule has 1 aromatic carbocycles. The first kappa shape index (κ1) is 13.2. The van der Waals surface area contributed by atoms with Crippen molar-refractivity contribution in [3.8, 4) is 17.0 Å². The molecular formula is C15H18N2O2. The van der Waals surface area contributed by atoms with Gasteiger partial charge in [0.2, 0.25) is 0 Å². The molecule has 4 heteroatoms. The van der Waals surface area contributed by atoms with E-state index < -0.39 is 0 Å². The summed E-state index contributed by atoms with van der Waals surface area (Å²) < 4.78 is 7.17. The molecule has 0 aliphatic heterocycles. The summed E-state index contributed by atoms with van der Waals surface area (Å²) >= 11 is 0. The number of methoxy groups -OCH3 is 1. The normalized spacial score (nSPS) is 10.5. The van der Waals surface area contributed by atoms with Gasteiger partial charge in [0.1, 0.15) is 5.75 Å². The van der Waals surface area contributed by atoms with Crippen LogP contribution < -0.4 is 10.5 Å². The lowest BCUT2D eigenvalue weighted by atomic mass is 10.1. The van der Waals surface area contributed by atoms with Crippen molar-refractivity contribution in [1.29, 1.82) is 0 Å². The van der Waals surface area contributed by atoms with E-state index in [0.29, 0.717) is 11.3 Å². The van der Waals surface area contributed by atoms with Crippen molar-refractivity contribution < 1.29 is 9.53 Å². The summed E-state index contributed by atoms with van der Waals surface area (Å²) in [4.78, 5) is 11.7. The first-order chi connectivity index (χ1) is 8.97. The number of hydrogen-bond donors (Lipinski definition) is 1. The van der Waals surface area contributed by atoms with Crippen LogP contribution in [0.5, 0.6) is 5.75 Å². The number of aromatic nitrogens is 1. The highest BCUT2D eigenvalue weighted by atomic mass is 16.5. The van der Waals surface area contributed by atoms with Crippen LogP contribution in [0.25, 0.3) is 11.3 Å². The smallest absolute Gasteiger partial charge is 0.163 e. The molecule has 0 radical (unpaired) electrons. The fourth-order valence-corrected chi connectivity index (χ4v) is 2.39. The van der Waals surface area contributed by atoms with Crippen LogP contribution in [0.2, 0.25) is 0 Å². The number of carbonyl (C=O) groups excluding carboxylic acids is 1. The van der Waals surface area contributed by atoms with Gasteiger partial charge in [0, 0.05) is 18.3 Å². The van der Waals surface area contributed by atoms with E-state index in [1.807, 2.05) is 42.8 Å². The molecule has 4 nitrogen and oxygen atoms in total. The molecule has 0 atom stereocenters. The summed E-state index contributed by atoms with van der Waals surface area (Å²) in [5.41, 5.74) is 9.94. The molecule has 0 spiro atoms. The van der Waals surface area contributed by atoms with Gasteiger partial charge in [0.15, 0.2) is 5.78 Å². The van der Waals surface area contributed by atoms with Crippen molar-refractivity contribution in [3.05, 3.63) is 35.5 Å². The summed E-state index contributed by atoms with van der Waals surface area (Å²) in [5, 5.41) is 0. The first-order valence-electron chi connectivity index (χ1n) is 6.07. The first-order valence-corrected chi connectivity index (χ1v) is 6.07. The van der Waals surface area contributed by atoms with Gasteiger partial charge < -0.3 is 15.0 Å². The summed E-state index contributed by atoms with van der Waals surface area (Å²) in [7, 11) is 3.53. The van der Waals surface area contributed by atoms with Gasteiger partial charge in [-0.05, 0) is 26.0 Å². The van der Waals surface area contributed by atoms with Gasteiger partial charge in [-0.3, -0.25) is 4.79 Å².